The van der Waals surface area contributed by atoms with Crippen LogP contribution in [0.5, 0.6) is 0 Å². The monoisotopic (exact) mass is 465 g/mol. The summed E-state index contributed by atoms with van der Waals surface area (Å²) in [5.74, 6) is -2.14. The van der Waals surface area contributed by atoms with Gasteiger partial charge in [0.25, 0.3) is 0 Å². The Labute approximate surface area is 165 Å². The van der Waals surface area contributed by atoms with Gasteiger partial charge in [-0.05, 0) is 17.7 Å². The van der Waals surface area contributed by atoms with Crippen molar-refractivity contribution in [2.45, 2.75) is 30.7 Å². The lowest BCUT2D eigenvalue weighted by Crippen LogP contribution is -2.22. The van der Waals surface area contributed by atoms with Crippen LogP contribution in [-0.4, -0.2) is 20.2 Å². The van der Waals surface area contributed by atoms with Gasteiger partial charge in [-0.25, -0.2) is 9.97 Å². The molecule has 0 aliphatic heterocycles. The molecule has 2 rings (SSSR count). The molecule has 30 heavy (non-hydrogen) atoms. The Morgan fingerprint density at radius 2 is 1.37 bits per heavy atom. The molecule has 2 aromatic rings. The predicted molar refractivity (Wildman–Crippen MR) is 80.4 cm³/mol. The first-order valence-electron chi connectivity index (χ1n) is 7.50. The van der Waals surface area contributed by atoms with Crippen LogP contribution in [-0.2, 0) is 18.5 Å². The van der Waals surface area contributed by atoms with Crippen molar-refractivity contribution < 1.29 is 49.7 Å². The van der Waals surface area contributed by atoms with Crippen molar-refractivity contribution in [3.63, 3.8) is 0 Å². The highest BCUT2D eigenvalue weighted by Crippen LogP contribution is 2.41. The van der Waals surface area contributed by atoms with Crippen molar-refractivity contribution in [1.29, 1.82) is 5.26 Å². The van der Waals surface area contributed by atoms with E-state index in [1.54, 1.807) is 0 Å². The molecule has 0 saturated heterocycles. The summed E-state index contributed by atoms with van der Waals surface area (Å²) in [4.78, 5) is 4.42. The lowest BCUT2D eigenvalue weighted by atomic mass is 9.91. The Balaban J connectivity index is 2.47. The molecule has 2 heterocycles. The van der Waals surface area contributed by atoms with E-state index in [1.165, 1.54) is 6.07 Å². The number of aliphatic hydroxyl groups excluding tert-OH is 2. The molecular weight excluding hydrogens is 457 g/mol. The highest BCUT2D eigenvalue weighted by atomic mass is 32.1. The lowest BCUT2D eigenvalue weighted by molar-refractivity contribution is -0.150. The van der Waals surface area contributed by atoms with Crippen molar-refractivity contribution in [2.24, 2.45) is 5.92 Å². The summed E-state index contributed by atoms with van der Waals surface area (Å²) in [7, 11) is 0. The molecule has 0 radical (unpaired) electrons. The highest BCUT2D eigenvalue weighted by Gasteiger charge is 2.41. The van der Waals surface area contributed by atoms with Gasteiger partial charge in [-0.2, -0.15) is 44.8 Å². The summed E-state index contributed by atoms with van der Waals surface area (Å²) in [5, 5.41) is 28.7. The Morgan fingerprint density at radius 1 is 0.867 bits per heavy atom. The molecule has 15 heteroatoms. The minimum absolute atomic E-state index is 0.0416. The van der Waals surface area contributed by atoms with Crippen LogP contribution in [0.2, 0.25) is 0 Å². The van der Waals surface area contributed by atoms with E-state index in [-0.39, 0.29) is 23.5 Å². The van der Waals surface area contributed by atoms with Gasteiger partial charge in [-0.1, -0.05) is 0 Å². The third kappa shape index (κ3) is 5.18. The zero-order chi connectivity index (χ0) is 23.1. The zero-order valence-electron chi connectivity index (χ0n) is 14.0. The fraction of sp³-hybridized carbons (Fsp3) is 0.400. The normalized spacial score (nSPS) is 16.1. The van der Waals surface area contributed by atoms with Crippen molar-refractivity contribution in [3.8, 4) is 6.07 Å². The van der Waals surface area contributed by atoms with Gasteiger partial charge in [-0.15, -0.1) is 11.3 Å². The number of halogens is 9. The Morgan fingerprint density at radius 3 is 1.73 bits per heavy atom. The first kappa shape index (κ1) is 23.8. The number of alkyl halides is 9. The SMILES string of the molecule is N#CC(C(O)c1cc(C(F)(F)F)nc(C(F)(F)F)c1)C(O)c1ncc(C(F)(F)F)s1. The Hall–Kier alpha value is -2.44. The lowest BCUT2D eigenvalue weighted by Gasteiger charge is -2.22. The number of rotatable bonds is 4. The minimum Gasteiger partial charge on any atom is -0.387 e. The van der Waals surface area contributed by atoms with Gasteiger partial charge < -0.3 is 10.2 Å². The molecule has 0 spiro atoms. The summed E-state index contributed by atoms with van der Waals surface area (Å²) in [6.45, 7) is 0. The van der Waals surface area contributed by atoms with E-state index in [2.05, 4.69) is 9.97 Å². The molecule has 2 N–H and O–H groups in total. The standard InChI is InChI=1S/C15H8F9N3O2S/c16-13(17,18)7-1-5(2-8(27-7)14(19,20)21)10(28)6(3-25)11(29)12-26-4-9(30-12)15(22,23)24/h1-2,4,6,10-11,28-29H. The van der Waals surface area contributed by atoms with E-state index >= 15 is 0 Å². The first-order chi connectivity index (χ1) is 13.6. The maximum atomic E-state index is 12.9. The van der Waals surface area contributed by atoms with Crippen LogP contribution in [0.1, 0.15) is 39.0 Å². The minimum atomic E-state index is -5.34. The van der Waals surface area contributed by atoms with Crippen molar-refractivity contribution in [1.82, 2.24) is 9.97 Å². The number of nitriles is 1. The first-order valence-corrected chi connectivity index (χ1v) is 8.32. The van der Waals surface area contributed by atoms with Crippen LogP contribution in [0.25, 0.3) is 0 Å². The van der Waals surface area contributed by atoms with Crippen LogP contribution < -0.4 is 0 Å². The number of thiazole rings is 1. The molecule has 3 unspecified atom stereocenters. The maximum absolute atomic E-state index is 12.9. The molecule has 0 saturated carbocycles. The number of aromatic nitrogens is 2. The van der Waals surface area contributed by atoms with Crippen LogP contribution in [0.15, 0.2) is 18.3 Å². The second kappa shape index (κ2) is 8.00. The topological polar surface area (TPSA) is 90.0 Å². The average molecular weight is 465 g/mol. The molecule has 2 aromatic heterocycles. The Bertz CT molecular complexity index is 914. The van der Waals surface area contributed by atoms with Gasteiger partial charge in [0.1, 0.15) is 33.3 Å². The molecule has 0 bridgehead atoms. The summed E-state index contributed by atoms with van der Waals surface area (Å²) < 4.78 is 115. The summed E-state index contributed by atoms with van der Waals surface area (Å²) in [6.07, 6.45) is -19.9. The molecule has 0 fully saturated rings. The van der Waals surface area contributed by atoms with E-state index in [1.807, 2.05) is 0 Å². The van der Waals surface area contributed by atoms with E-state index < -0.39 is 63.5 Å². The number of nitrogens with zero attached hydrogens (tertiary/aromatic N) is 3. The molecule has 5 nitrogen and oxygen atoms in total. The predicted octanol–water partition coefficient (Wildman–Crippen LogP) is 4.50. The van der Waals surface area contributed by atoms with Gasteiger partial charge in [0.2, 0.25) is 0 Å². The molecule has 0 aliphatic rings. The fourth-order valence-corrected chi connectivity index (χ4v) is 3.06. The zero-order valence-corrected chi connectivity index (χ0v) is 14.8. The van der Waals surface area contributed by atoms with Crippen LogP contribution in [0, 0.1) is 17.2 Å². The van der Waals surface area contributed by atoms with Gasteiger partial charge in [0.15, 0.2) is 0 Å². The van der Waals surface area contributed by atoms with E-state index in [9.17, 15) is 49.7 Å². The molecule has 0 amide bonds. The highest BCUT2D eigenvalue weighted by molar-refractivity contribution is 7.11. The summed E-state index contributed by atoms with van der Waals surface area (Å²) >= 11 is -0.102. The second-order valence-electron chi connectivity index (χ2n) is 5.77. The molecule has 3 atom stereocenters. The largest absolute Gasteiger partial charge is 0.433 e. The fourth-order valence-electron chi connectivity index (χ4n) is 2.24. The number of hydrogen-bond acceptors (Lipinski definition) is 6. The van der Waals surface area contributed by atoms with E-state index in [4.69, 9.17) is 5.26 Å². The molecular formula is C15H8F9N3O2S. The van der Waals surface area contributed by atoms with Crippen LogP contribution >= 0.6 is 11.3 Å². The molecule has 0 aliphatic carbocycles. The van der Waals surface area contributed by atoms with Crippen LogP contribution in [0.4, 0.5) is 39.5 Å². The van der Waals surface area contributed by atoms with E-state index in [0.29, 0.717) is 6.20 Å². The summed E-state index contributed by atoms with van der Waals surface area (Å²) in [6, 6.07) is 1.35. The van der Waals surface area contributed by atoms with Crippen molar-refractivity contribution in [2.75, 3.05) is 0 Å². The smallest absolute Gasteiger partial charge is 0.387 e. The third-order valence-corrected chi connectivity index (χ3v) is 4.77. The maximum Gasteiger partial charge on any atom is 0.433 e. The molecule has 0 aromatic carbocycles. The second-order valence-corrected chi connectivity index (χ2v) is 6.83. The van der Waals surface area contributed by atoms with Crippen molar-refractivity contribution >= 4 is 11.3 Å². The number of aliphatic hydroxyl groups is 2. The van der Waals surface area contributed by atoms with Gasteiger partial charge >= 0.3 is 18.5 Å². The van der Waals surface area contributed by atoms with Crippen molar-refractivity contribution in [3.05, 3.63) is 45.2 Å². The summed E-state index contributed by atoms with van der Waals surface area (Å²) in [5.41, 5.74) is -5.11. The average Bonchev–Trinajstić information content (AvgIpc) is 3.10. The van der Waals surface area contributed by atoms with E-state index in [0.717, 1.165) is 0 Å². The van der Waals surface area contributed by atoms with Gasteiger partial charge in [0.05, 0.1) is 18.4 Å². The third-order valence-electron chi connectivity index (χ3n) is 3.66. The quantitative estimate of drug-likeness (QED) is 0.649. The number of hydrogen-bond donors (Lipinski definition) is 2. The molecule has 164 valence electrons. The van der Waals surface area contributed by atoms with Gasteiger partial charge in [0, 0.05) is 0 Å². The number of pyridine rings is 1. The van der Waals surface area contributed by atoms with Crippen LogP contribution in [0.3, 0.4) is 0 Å². The Kier molecular flexibility index (Phi) is 6.36. The van der Waals surface area contributed by atoms with Gasteiger partial charge in [-0.3, -0.25) is 0 Å².